The van der Waals surface area contributed by atoms with Crippen molar-refractivity contribution < 1.29 is 14.6 Å². The summed E-state index contributed by atoms with van der Waals surface area (Å²) in [5.41, 5.74) is 3.20. The Morgan fingerprint density at radius 3 is 2.33 bits per heavy atom. The van der Waals surface area contributed by atoms with Gasteiger partial charge in [0.05, 0.1) is 32.0 Å². The molecule has 0 radical (unpaired) electrons. The molecule has 1 heterocycles. The summed E-state index contributed by atoms with van der Waals surface area (Å²) in [6, 6.07) is 16.1. The van der Waals surface area contributed by atoms with Gasteiger partial charge in [-0.25, -0.2) is 4.99 Å². The van der Waals surface area contributed by atoms with Gasteiger partial charge in [0.1, 0.15) is 5.75 Å². The van der Waals surface area contributed by atoms with Gasteiger partial charge in [0.15, 0.2) is 5.96 Å². The molecular weight excluding hydrogens is 531 g/mol. The summed E-state index contributed by atoms with van der Waals surface area (Å²) in [5.74, 6) is 1.49. The molecular formula is C25H37IN4O3. The molecule has 1 fully saturated rings. The summed E-state index contributed by atoms with van der Waals surface area (Å²) in [4.78, 5) is 7.01. The van der Waals surface area contributed by atoms with Crippen molar-refractivity contribution in [3.05, 3.63) is 59.7 Å². The Hall–Kier alpha value is -2.04. The molecule has 3 rings (SSSR count). The number of ether oxygens (including phenoxy) is 2. The molecule has 0 saturated carbocycles. The van der Waals surface area contributed by atoms with Crippen LogP contribution in [0.2, 0.25) is 0 Å². The number of guanidine groups is 1. The van der Waals surface area contributed by atoms with E-state index in [4.69, 9.17) is 9.47 Å². The molecule has 1 atom stereocenters. The van der Waals surface area contributed by atoms with E-state index in [1.54, 1.807) is 0 Å². The second-order valence-electron chi connectivity index (χ2n) is 8.09. The van der Waals surface area contributed by atoms with E-state index in [1.165, 1.54) is 5.69 Å². The van der Waals surface area contributed by atoms with Gasteiger partial charge in [-0.3, -0.25) is 0 Å². The first-order chi connectivity index (χ1) is 15.5. The first-order valence-electron chi connectivity index (χ1n) is 11.4. The van der Waals surface area contributed by atoms with Gasteiger partial charge in [0, 0.05) is 31.9 Å². The van der Waals surface area contributed by atoms with Gasteiger partial charge >= 0.3 is 0 Å². The first kappa shape index (κ1) is 27.2. The average Bonchev–Trinajstić information content (AvgIpc) is 2.81. The number of aliphatic hydroxyl groups is 1. The fourth-order valence-corrected chi connectivity index (χ4v) is 3.50. The third-order valence-corrected chi connectivity index (χ3v) is 5.18. The van der Waals surface area contributed by atoms with E-state index in [2.05, 4.69) is 44.8 Å². The second-order valence-corrected chi connectivity index (χ2v) is 8.09. The summed E-state index contributed by atoms with van der Waals surface area (Å²) < 4.78 is 11.1. The minimum atomic E-state index is -0.639. The van der Waals surface area contributed by atoms with E-state index < -0.39 is 6.10 Å². The van der Waals surface area contributed by atoms with Crippen LogP contribution in [-0.2, 0) is 11.3 Å². The number of rotatable bonds is 9. The van der Waals surface area contributed by atoms with Crippen LogP contribution in [0.4, 0.5) is 5.69 Å². The topological polar surface area (TPSA) is 78.4 Å². The third-order valence-electron chi connectivity index (χ3n) is 5.18. The van der Waals surface area contributed by atoms with Crippen LogP contribution < -0.4 is 20.3 Å². The van der Waals surface area contributed by atoms with Crippen molar-refractivity contribution in [2.45, 2.75) is 39.5 Å². The molecule has 0 bridgehead atoms. The van der Waals surface area contributed by atoms with Gasteiger partial charge in [0.2, 0.25) is 0 Å². The number of anilines is 1. The lowest BCUT2D eigenvalue weighted by Gasteiger charge is -2.28. The van der Waals surface area contributed by atoms with Gasteiger partial charge in [0.25, 0.3) is 0 Å². The van der Waals surface area contributed by atoms with Gasteiger partial charge in [-0.15, -0.1) is 24.0 Å². The van der Waals surface area contributed by atoms with Crippen LogP contribution in [-0.4, -0.2) is 56.6 Å². The maximum absolute atomic E-state index is 10.6. The molecule has 1 aliphatic heterocycles. The van der Waals surface area contributed by atoms with Crippen molar-refractivity contribution in [2.24, 2.45) is 4.99 Å². The zero-order valence-electron chi connectivity index (χ0n) is 19.8. The average molecular weight is 569 g/mol. The van der Waals surface area contributed by atoms with E-state index in [0.29, 0.717) is 19.0 Å². The molecule has 2 aromatic rings. The minimum absolute atomic E-state index is 0. The predicted molar refractivity (Wildman–Crippen MR) is 145 cm³/mol. The number of aliphatic imine (C=N–C) groups is 1. The summed E-state index contributed by atoms with van der Waals surface area (Å²) >= 11 is 0. The lowest BCUT2D eigenvalue weighted by molar-refractivity contribution is 0.122. The number of hydrogen-bond acceptors (Lipinski definition) is 5. The Morgan fingerprint density at radius 2 is 1.73 bits per heavy atom. The maximum Gasteiger partial charge on any atom is 0.191 e. The van der Waals surface area contributed by atoms with Crippen LogP contribution in [0.1, 0.15) is 38.0 Å². The summed E-state index contributed by atoms with van der Waals surface area (Å²) in [5, 5.41) is 17.0. The number of hydrogen-bond donors (Lipinski definition) is 3. The monoisotopic (exact) mass is 568 g/mol. The summed E-state index contributed by atoms with van der Waals surface area (Å²) in [7, 11) is 0. The highest BCUT2D eigenvalue weighted by Crippen LogP contribution is 2.19. The molecule has 0 aromatic heterocycles. The number of morpholine rings is 1. The van der Waals surface area contributed by atoms with Crippen LogP contribution in [0, 0.1) is 0 Å². The van der Waals surface area contributed by atoms with E-state index >= 15 is 0 Å². The van der Waals surface area contributed by atoms with Crippen molar-refractivity contribution in [3.8, 4) is 5.75 Å². The van der Waals surface area contributed by atoms with Crippen LogP contribution in [0.25, 0.3) is 0 Å². The second kappa shape index (κ2) is 14.3. The molecule has 0 amide bonds. The van der Waals surface area contributed by atoms with E-state index in [0.717, 1.165) is 49.7 Å². The van der Waals surface area contributed by atoms with Crippen molar-refractivity contribution in [2.75, 3.05) is 44.3 Å². The Balaban J connectivity index is 0.00000385. The Kier molecular flexibility index (Phi) is 11.8. The van der Waals surface area contributed by atoms with E-state index in [9.17, 15) is 5.11 Å². The molecule has 8 heteroatoms. The quantitative estimate of drug-likeness (QED) is 0.243. The standard InChI is InChI=1S/C25H36N4O3.HI/c1-4-26-25(28-18-24(30)21-7-11-23(12-8-21)32-19(2)3)27-17-20-5-9-22(10-6-20)29-13-15-31-16-14-29;/h5-12,19,24,30H,4,13-18H2,1-3H3,(H2,26,27,28);1H. The van der Waals surface area contributed by atoms with Crippen molar-refractivity contribution in [3.63, 3.8) is 0 Å². The highest BCUT2D eigenvalue weighted by atomic mass is 127. The smallest absolute Gasteiger partial charge is 0.191 e. The van der Waals surface area contributed by atoms with Crippen LogP contribution in [0.5, 0.6) is 5.75 Å². The van der Waals surface area contributed by atoms with Gasteiger partial charge < -0.3 is 30.1 Å². The third kappa shape index (κ3) is 9.02. The molecule has 2 aromatic carbocycles. The van der Waals surface area contributed by atoms with Gasteiger partial charge in [-0.2, -0.15) is 0 Å². The minimum Gasteiger partial charge on any atom is -0.491 e. The zero-order chi connectivity index (χ0) is 22.8. The van der Waals surface area contributed by atoms with Gasteiger partial charge in [-0.05, 0) is 56.2 Å². The highest BCUT2D eigenvalue weighted by Gasteiger charge is 2.11. The molecule has 0 aliphatic carbocycles. The number of halogens is 1. The Bertz CT molecular complexity index is 838. The lowest BCUT2D eigenvalue weighted by Crippen LogP contribution is -2.39. The fourth-order valence-electron chi connectivity index (χ4n) is 3.50. The summed E-state index contributed by atoms with van der Waals surface area (Å²) in [6.07, 6.45) is -0.512. The molecule has 7 nitrogen and oxygen atoms in total. The van der Waals surface area contributed by atoms with Crippen LogP contribution in [0.15, 0.2) is 53.5 Å². The number of nitrogens with one attached hydrogen (secondary N) is 2. The molecule has 1 saturated heterocycles. The van der Waals surface area contributed by atoms with Crippen molar-refractivity contribution in [1.29, 1.82) is 0 Å². The zero-order valence-corrected chi connectivity index (χ0v) is 22.1. The van der Waals surface area contributed by atoms with E-state index in [-0.39, 0.29) is 30.1 Å². The number of aliphatic hydroxyl groups excluding tert-OH is 1. The SMILES string of the molecule is CCNC(=NCc1ccc(N2CCOCC2)cc1)NCC(O)c1ccc(OC(C)C)cc1.I. The first-order valence-corrected chi connectivity index (χ1v) is 11.4. The van der Waals surface area contributed by atoms with Crippen molar-refractivity contribution >= 4 is 35.6 Å². The van der Waals surface area contributed by atoms with E-state index in [1.807, 2.05) is 45.0 Å². The molecule has 3 N–H and O–H groups in total. The molecule has 0 spiro atoms. The molecule has 1 unspecified atom stereocenters. The van der Waals surface area contributed by atoms with Crippen LogP contribution in [0.3, 0.4) is 0 Å². The molecule has 33 heavy (non-hydrogen) atoms. The van der Waals surface area contributed by atoms with Crippen LogP contribution >= 0.6 is 24.0 Å². The largest absolute Gasteiger partial charge is 0.491 e. The Morgan fingerprint density at radius 1 is 1.06 bits per heavy atom. The normalized spacial score (nSPS) is 15.1. The summed E-state index contributed by atoms with van der Waals surface area (Å²) in [6.45, 7) is 11.1. The lowest BCUT2D eigenvalue weighted by atomic mass is 10.1. The van der Waals surface area contributed by atoms with Crippen molar-refractivity contribution in [1.82, 2.24) is 10.6 Å². The fraction of sp³-hybridized carbons (Fsp3) is 0.480. The molecule has 1 aliphatic rings. The van der Waals surface area contributed by atoms with Gasteiger partial charge in [-0.1, -0.05) is 24.3 Å². The maximum atomic E-state index is 10.6. The molecule has 182 valence electrons. The predicted octanol–water partition coefficient (Wildman–Crippen LogP) is 3.72. The number of nitrogens with zero attached hydrogens (tertiary/aromatic N) is 2. The highest BCUT2D eigenvalue weighted by molar-refractivity contribution is 14.0. The number of benzene rings is 2. The Labute approximate surface area is 214 Å².